The first kappa shape index (κ1) is 21.2. The van der Waals surface area contributed by atoms with Gasteiger partial charge in [0, 0.05) is 48.0 Å². The molecule has 13 heteroatoms. The van der Waals surface area contributed by atoms with Crippen LogP contribution in [0.1, 0.15) is 31.1 Å². The molecule has 1 saturated heterocycles. The number of fused-ring (bicyclic) bond motifs is 1. The summed E-state index contributed by atoms with van der Waals surface area (Å²) < 4.78 is 27.9. The lowest BCUT2D eigenvalue weighted by atomic mass is 9.50. The topological polar surface area (TPSA) is 144 Å². The van der Waals surface area contributed by atoms with Crippen molar-refractivity contribution in [3.8, 4) is 11.3 Å². The van der Waals surface area contributed by atoms with Crippen LogP contribution in [0.2, 0.25) is 0 Å². The fourth-order valence-corrected chi connectivity index (χ4v) is 5.20. The van der Waals surface area contributed by atoms with Crippen LogP contribution in [0.15, 0.2) is 43.2 Å². The zero-order valence-corrected chi connectivity index (χ0v) is 19.0. The summed E-state index contributed by atoms with van der Waals surface area (Å²) in [5, 5.41) is 13.1. The second-order valence-electron chi connectivity index (χ2n) is 9.61. The molecule has 184 valence electrons. The Bertz CT molecular complexity index is 1420. The molecule has 0 unspecified atom stereocenters. The normalized spacial score (nSPS) is 28.4. The summed E-state index contributed by atoms with van der Waals surface area (Å²) in [5.74, 6) is 1.59. The number of alkyl carbamates (subject to hydrolysis) is 1. The molecule has 4 aliphatic rings. The zero-order chi connectivity index (χ0) is 24.3. The number of imidazole rings is 1. The Kier molecular flexibility index (Phi) is 4.67. The van der Waals surface area contributed by atoms with Crippen molar-refractivity contribution in [3.05, 3.63) is 48.9 Å². The lowest BCUT2D eigenvalue weighted by molar-refractivity contribution is -0.0528. The smallest absolute Gasteiger partial charge is 0.408 e. The molecule has 5 heterocycles. The van der Waals surface area contributed by atoms with E-state index in [4.69, 9.17) is 9.47 Å². The van der Waals surface area contributed by atoms with Crippen molar-refractivity contribution in [2.75, 3.05) is 11.9 Å². The number of ether oxygens (including phenoxy) is 2. The average molecular weight is 491 g/mol. The molecule has 0 radical (unpaired) electrons. The molecule has 4 aromatic rings. The Morgan fingerprint density at radius 1 is 1.25 bits per heavy atom. The highest BCUT2D eigenvalue weighted by Crippen LogP contribution is 2.57. The van der Waals surface area contributed by atoms with Crippen LogP contribution in [-0.4, -0.2) is 65.0 Å². The van der Waals surface area contributed by atoms with Crippen LogP contribution in [0.25, 0.3) is 16.9 Å². The molecule has 1 aliphatic heterocycles. The van der Waals surface area contributed by atoms with E-state index < -0.39 is 24.5 Å². The van der Waals surface area contributed by atoms with Crippen LogP contribution < -0.4 is 10.6 Å². The molecular formula is C23H22FN9O3. The van der Waals surface area contributed by atoms with Crippen molar-refractivity contribution in [2.45, 2.75) is 43.2 Å². The van der Waals surface area contributed by atoms with E-state index in [-0.39, 0.29) is 12.1 Å². The van der Waals surface area contributed by atoms with Gasteiger partial charge in [-0.05, 0) is 25.2 Å². The van der Waals surface area contributed by atoms with Crippen molar-refractivity contribution in [3.63, 3.8) is 0 Å². The molecule has 0 aromatic carbocycles. The number of alkyl halides is 1. The highest BCUT2D eigenvalue weighted by atomic mass is 19.1. The van der Waals surface area contributed by atoms with Crippen molar-refractivity contribution >= 4 is 23.5 Å². The van der Waals surface area contributed by atoms with Gasteiger partial charge < -0.3 is 20.1 Å². The number of halogens is 1. The van der Waals surface area contributed by atoms with Gasteiger partial charge in [-0.15, -0.1) is 0 Å². The Morgan fingerprint density at radius 2 is 2.08 bits per heavy atom. The third-order valence-corrected chi connectivity index (χ3v) is 7.14. The van der Waals surface area contributed by atoms with E-state index in [2.05, 4.69) is 40.8 Å². The van der Waals surface area contributed by atoms with Crippen LogP contribution in [0, 0.1) is 5.92 Å². The monoisotopic (exact) mass is 491 g/mol. The molecule has 3 saturated carbocycles. The fourth-order valence-electron chi connectivity index (χ4n) is 5.20. The van der Waals surface area contributed by atoms with Gasteiger partial charge in [0.15, 0.2) is 18.1 Å². The summed E-state index contributed by atoms with van der Waals surface area (Å²) in [6, 6.07) is 3.47. The molecule has 4 fully saturated rings. The lowest BCUT2D eigenvalue weighted by Crippen LogP contribution is -2.68. The number of amides is 1. The predicted molar refractivity (Wildman–Crippen MR) is 123 cm³/mol. The van der Waals surface area contributed by atoms with E-state index in [1.165, 1.54) is 6.33 Å². The SMILES string of the molecule is O=C(NC12CC(C1)C2)O[C@@H]1CO[C@H](c2cc(Nc3nc(-c4cncnc4)cc4nccn34)n[nH]2)[C@H]1F. The van der Waals surface area contributed by atoms with E-state index in [0.29, 0.717) is 28.8 Å². The first-order valence-corrected chi connectivity index (χ1v) is 11.7. The Balaban J connectivity index is 1.06. The van der Waals surface area contributed by atoms with Gasteiger partial charge in [0.2, 0.25) is 5.95 Å². The van der Waals surface area contributed by atoms with Crippen LogP contribution in [0.5, 0.6) is 0 Å². The van der Waals surface area contributed by atoms with Crippen molar-refractivity contribution in [1.82, 2.24) is 39.9 Å². The number of hydrogen-bond donors (Lipinski definition) is 3. The molecule has 3 aliphatic carbocycles. The molecule has 1 amide bonds. The van der Waals surface area contributed by atoms with Crippen LogP contribution in [0.4, 0.5) is 21.0 Å². The molecule has 2 bridgehead atoms. The molecule has 3 atom stereocenters. The molecular weight excluding hydrogens is 469 g/mol. The number of hydrogen-bond acceptors (Lipinski definition) is 9. The average Bonchev–Trinajstić information content (AvgIpc) is 3.57. The summed E-state index contributed by atoms with van der Waals surface area (Å²) in [6.45, 7) is -0.0327. The van der Waals surface area contributed by atoms with Gasteiger partial charge in [-0.2, -0.15) is 5.10 Å². The van der Waals surface area contributed by atoms with Crippen LogP contribution in [-0.2, 0) is 9.47 Å². The maximum absolute atomic E-state index is 15.1. The van der Waals surface area contributed by atoms with Gasteiger partial charge in [0.1, 0.15) is 18.1 Å². The van der Waals surface area contributed by atoms with Crippen molar-refractivity contribution in [2.24, 2.45) is 5.92 Å². The second kappa shape index (κ2) is 7.95. The Hall–Kier alpha value is -4.13. The number of anilines is 2. The van der Waals surface area contributed by atoms with E-state index in [1.807, 2.05) is 6.07 Å². The van der Waals surface area contributed by atoms with Gasteiger partial charge in [0.05, 0.1) is 18.0 Å². The van der Waals surface area contributed by atoms with Crippen LogP contribution >= 0.6 is 0 Å². The molecule has 4 aromatic heterocycles. The Labute approximate surface area is 203 Å². The standard InChI is InChI=1S/C23H22FN9O3/c24-19-16(36-22(34)30-23-5-12(6-23)7-23)10-35-20(19)15-3-17(32-31-15)29-21-28-14(13-8-25-11-26-9-13)4-18-27-1-2-33(18)21/h1-4,8-9,11-12,16,19-20H,5-7,10H2,(H,30,34)(H2,28,29,31,32)/t12?,16-,19+,20-,23?/m1/s1. The molecule has 0 spiro atoms. The van der Waals surface area contributed by atoms with Gasteiger partial charge in [0.25, 0.3) is 0 Å². The van der Waals surface area contributed by atoms with Gasteiger partial charge in [-0.1, -0.05) is 0 Å². The van der Waals surface area contributed by atoms with E-state index >= 15 is 4.39 Å². The van der Waals surface area contributed by atoms with E-state index in [9.17, 15) is 4.79 Å². The minimum atomic E-state index is -1.53. The maximum atomic E-state index is 15.1. The quantitative estimate of drug-likeness (QED) is 0.371. The van der Waals surface area contributed by atoms with Gasteiger partial charge in [-0.3, -0.25) is 9.50 Å². The number of nitrogens with zero attached hydrogens (tertiary/aromatic N) is 6. The molecule has 3 N–H and O–H groups in total. The fraction of sp³-hybridized carbons (Fsp3) is 0.391. The molecule has 36 heavy (non-hydrogen) atoms. The second-order valence-corrected chi connectivity index (χ2v) is 9.61. The lowest BCUT2D eigenvalue weighted by Gasteiger charge is -2.61. The largest absolute Gasteiger partial charge is 0.441 e. The third kappa shape index (κ3) is 3.54. The number of nitrogens with one attached hydrogen (secondary N) is 3. The van der Waals surface area contributed by atoms with Gasteiger partial charge in [-0.25, -0.2) is 29.1 Å². The number of carbonyl (C=O) groups is 1. The number of carbonyl (C=O) groups excluding carboxylic acids is 1. The summed E-state index contributed by atoms with van der Waals surface area (Å²) in [7, 11) is 0. The first-order chi connectivity index (χ1) is 17.6. The minimum absolute atomic E-state index is 0.0327. The maximum Gasteiger partial charge on any atom is 0.408 e. The summed E-state index contributed by atoms with van der Waals surface area (Å²) in [4.78, 5) is 29.3. The number of aromatic nitrogens is 7. The molecule has 8 rings (SSSR count). The number of H-pyrrole nitrogens is 1. The van der Waals surface area contributed by atoms with Crippen LogP contribution in [0.3, 0.4) is 0 Å². The van der Waals surface area contributed by atoms with Crippen molar-refractivity contribution in [1.29, 1.82) is 0 Å². The summed E-state index contributed by atoms with van der Waals surface area (Å²) in [5.41, 5.74) is 2.33. The zero-order valence-electron chi connectivity index (χ0n) is 19.0. The number of aromatic amines is 1. The Morgan fingerprint density at radius 3 is 2.86 bits per heavy atom. The third-order valence-electron chi connectivity index (χ3n) is 7.14. The highest BCUT2D eigenvalue weighted by Gasteiger charge is 2.58. The van der Waals surface area contributed by atoms with Crippen molar-refractivity contribution < 1.29 is 18.7 Å². The summed E-state index contributed by atoms with van der Waals surface area (Å²) in [6.07, 6.45) is 7.11. The first-order valence-electron chi connectivity index (χ1n) is 11.7. The predicted octanol–water partition coefficient (Wildman–Crippen LogP) is 2.71. The van der Waals surface area contributed by atoms with Gasteiger partial charge >= 0.3 is 6.09 Å². The van der Waals surface area contributed by atoms with E-state index in [1.54, 1.807) is 35.3 Å². The highest BCUT2D eigenvalue weighted by molar-refractivity contribution is 5.69. The summed E-state index contributed by atoms with van der Waals surface area (Å²) >= 11 is 0. The number of rotatable bonds is 6. The molecule has 12 nitrogen and oxygen atoms in total. The van der Waals surface area contributed by atoms with E-state index in [0.717, 1.165) is 30.7 Å². The minimum Gasteiger partial charge on any atom is -0.441 e.